The van der Waals surface area contributed by atoms with Gasteiger partial charge in [-0.2, -0.15) is 13.2 Å². The lowest BCUT2D eigenvalue weighted by Crippen LogP contribution is -2.17. The van der Waals surface area contributed by atoms with Gasteiger partial charge in [0.15, 0.2) is 6.29 Å². The number of ether oxygens (including phenoxy) is 3. The van der Waals surface area contributed by atoms with Gasteiger partial charge >= 0.3 is 12.1 Å². The van der Waals surface area contributed by atoms with E-state index >= 15 is 0 Å². The van der Waals surface area contributed by atoms with Crippen LogP contribution < -0.4 is 0 Å². The Morgan fingerprint density at radius 1 is 1.06 bits per heavy atom. The number of aromatic nitrogens is 1. The Hall–Kier alpha value is -2.75. The van der Waals surface area contributed by atoms with Crippen molar-refractivity contribution in [3.8, 4) is 10.6 Å². The normalized spacial score (nSPS) is 12.5. The second kappa shape index (κ2) is 10.7. The second-order valence-corrected chi connectivity index (χ2v) is 7.86. The first-order valence-corrected chi connectivity index (χ1v) is 10.7. The number of carbonyl (C=O) groups excluding carboxylic acids is 1. The van der Waals surface area contributed by atoms with Crippen molar-refractivity contribution < 1.29 is 32.2 Å². The molecule has 0 spiro atoms. The number of hydrogen-bond acceptors (Lipinski definition) is 6. The van der Waals surface area contributed by atoms with E-state index < -0.39 is 24.0 Å². The van der Waals surface area contributed by atoms with E-state index in [1.54, 1.807) is 13.8 Å². The van der Waals surface area contributed by atoms with Crippen LogP contribution in [0.5, 0.6) is 0 Å². The van der Waals surface area contributed by atoms with Crippen molar-refractivity contribution in [1.29, 1.82) is 0 Å². The first kappa shape index (κ1) is 23.9. The Morgan fingerprint density at radius 2 is 1.75 bits per heavy atom. The number of alkyl halides is 3. The van der Waals surface area contributed by atoms with Gasteiger partial charge in [0.1, 0.15) is 11.6 Å². The molecular weight excluding hydrogens is 443 g/mol. The predicted octanol–water partition coefficient (Wildman–Crippen LogP) is 5.93. The highest BCUT2D eigenvalue weighted by Crippen LogP contribution is 2.33. The molecule has 170 valence electrons. The van der Waals surface area contributed by atoms with Crippen LogP contribution in [-0.2, 0) is 31.8 Å². The lowest BCUT2D eigenvalue weighted by atomic mass is 10.1. The maximum atomic E-state index is 12.8. The molecule has 2 aromatic carbocycles. The average Bonchev–Trinajstić information content (AvgIpc) is 3.14. The van der Waals surface area contributed by atoms with Crippen LogP contribution in [0.25, 0.3) is 10.6 Å². The number of halogens is 3. The van der Waals surface area contributed by atoms with Crippen molar-refractivity contribution in [2.45, 2.75) is 32.9 Å². The van der Waals surface area contributed by atoms with Gasteiger partial charge in [0.2, 0.25) is 0 Å². The molecule has 0 saturated carbocycles. The quantitative estimate of drug-likeness (QED) is 0.290. The molecule has 9 heteroatoms. The Morgan fingerprint density at radius 3 is 2.38 bits per heavy atom. The van der Waals surface area contributed by atoms with E-state index in [4.69, 9.17) is 14.2 Å². The summed E-state index contributed by atoms with van der Waals surface area (Å²) < 4.78 is 54.8. The fraction of sp³-hybridized carbons (Fsp3) is 0.304. The highest BCUT2D eigenvalue weighted by molar-refractivity contribution is 7.15. The van der Waals surface area contributed by atoms with Crippen molar-refractivity contribution in [3.05, 3.63) is 76.3 Å². The molecule has 5 nitrogen and oxygen atoms in total. The summed E-state index contributed by atoms with van der Waals surface area (Å²) in [7, 11) is 0. The summed E-state index contributed by atoms with van der Waals surface area (Å²) in [5.74, 6) is -0.490. The SMILES string of the molecule is CCOC(=O)COC(OCc1sc(-c2ccc(C(F)(F)F)cc2)nc1C)c1ccccc1. The molecule has 0 aliphatic heterocycles. The van der Waals surface area contributed by atoms with Crippen LogP contribution in [0.2, 0.25) is 0 Å². The summed E-state index contributed by atoms with van der Waals surface area (Å²) in [6.07, 6.45) is -5.18. The maximum absolute atomic E-state index is 12.8. The highest BCUT2D eigenvalue weighted by Gasteiger charge is 2.30. The van der Waals surface area contributed by atoms with Gasteiger partial charge in [-0.25, -0.2) is 9.78 Å². The molecule has 0 fully saturated rings. The summed E-state index contributed by atoms with van der Waals surface area (Å²) in [5.41, 5.74) is 1.34. The van der Waals surface area contributed by atoms with Gasteiger partial charge in [-0.15, -0.1) is 11.3 Å². The van der Waals surface area contributed by atoms with Gasteiger partial charge in [0.05, 0.1) is 29.3 Å². The zero-order valence-electron chi connectivity index (χ0n) is 17.5. The zero-order chi connectivity index (χ0) is 23.1. The standard InChI is InChI=1S/C23H22F3NO4S/c1-3-29-20(28)14-31-22(17-7-5-4-6-8-17)30-13-19-15(2)27-21(32-19)16-9-11-18(12-10-16)23(24,25)26/h4-12,22H,3,13-14H2,1-2H3. The van der Waals surface area contributed by atoms with E-state index in [2.05, 4.69) is 4.98 Å². The van der Waals surface area contributed by atoms with E-state index in [0.29, 0.717) is 16.3 Å². The van der Waals surface area contributed by atoms with Gasteiger partial charge in [0.25, 0.3) is 0 Å². The van der Waals surface area contributed by atoms with E-state index in [1.807, 2.05) is 30.3 Å². The lowest BCUT2D eigenvalue weighted by Gasteiger charge is -2.18. The van der Waals surface area contributed by atoms with E-state index in [9.17, 15) is 18.0 Å². The van der Waals surface area contributed by atoms with Crippen LogP contribution in [0.15, 0.2) is 54.6 Å². The number of carbonyl (C=O) groups is 1. The van der Waals surface area contributed by atoms with Crippen LogP contribution in [0.3, 0.4) is 0 Å². The van der Waals surface area contributed by atoms with E-state index in [-0.39, 0.29) is 19.8 Å². The largest absolute Gasteiger partial charge is 0.464 e. The molecule has 1 aromatic heterocycles. The summed E-state index contributed by atoms with van der Waals surface area (Å²) in [6.45, 7) is 3.67. The second-order valence-electron chi connectivity index (χ2n) is 6.77. The van der Waals surface area contributed by atoms with Crippen molar-refractivity contribution in [2.24, 2.45) is 0 Å². The van der Waals surface area contributed by atoms with Crippen molar-refractivity contribution >= 4 is 17.3 Å². The van der Waals surface area contributed by atoms with Crippen LogP contribution in [0.1, 0.15) is 34.9 Å². The third-order valence-electron chi connectivity index (χ3n) is 4.45. The maximum Gasteiger partial charge on any atom is 0.416 e. The number of nitrogens with zero attached hydrogens (tertiary/aromatic N) is 1. The minimum atomic E-state index is -4.38. The van der Waals surface area contributed by atoms with Crippen LogP contribution >= 0.6 is 11.3 Å². The molecule has 0 saturated heterocycles. The molecule has 1 heterocycles. The minimum Gasteiger partial charge on any atom is -0.464 e. The van der Waals surface area contributed by atoms with Gasteiger partial charge in [-0.05, 0) is 26.0 Å². The number of rotatable bonds is 9. The number of aryl methyl sites for hydroxylation is 1. The monoisotopic (exact) mass is 465 g/mol. The summed E-state index contributed by atoms with van der Waals surface area (Å²) >= 11 is 1.33. The van der Waals surface area contributed by atoms with Gasteiger partial charge in [-0.3, -0.25) is 0 Å². The molecule has 0 aliphatic carbocycles. The summed E-state index contributed by atoms with van der Waals surface area (Å²) in [4.78, 5) is 16.9. The number of esters is 1. The number of benzene rings is 2. The molecule has 1 unspecified atom stereocenters. The molecule has 3 rings (SSSR count). The van der Waals surface area contributed by atoms with Crippen LogP contribution in [0.4, 0.5) is 13.2 Å². The Labute approximate surface area is 187 Å². The minimum absolute atomic E-state index is 0.159. The van der Waals surface area contributed by atoms with Crippen LogP contribution in [-0.4, -0.2) is 24.2 Å². The first-order valence-electron chi connectivity index (χ1n) is 9.85. The van der Waals surface area contributed by atoms with Gasteiger partial charge < -0.3 is 14.2 Å². The molecule has 0 aliphatic rings. The van der Waals surface area contributed by atoms with Crippen molar-refractivity contribution in [1.82, 2.24) is 4.98 Å². The third kappa shape index (κ3) is 6.38. The van der Waals surface area contributed by atoms with Gasteiger partial charge in [0, 0.05) is 11.1 Å². The fourth-order valence-corrected chi connectivity index (χ4v) is 3.83. The third-order valence-corrected chi connectivity index (χ3v) is 5.63. The first-order chi connectivity index (χ1) is 15.3. The molecule has 0 radical (unpaired) electrons. The summed E-state index contributed by atoms with van der Waals surface area (Å²) in [6, 6.07) is 14.1. The van der Waals surface area contributed by atoms with Crippen molar-refractivity contribution in [2.75, 3.05) is 13.2 Å². The lowest BCUT2D eigenvalue weighted by molar-refractivity contribution is -0.177. The highest BCUT2D eigenvalue weighted by atomic mass is 32.1. The number of thiazole rings is 1. The Bertz CT molecular complexity index is 1020. The topological polar surface area (TPSA) is 57.7 Å². The van der Waals surface area contributed by atoms with E-state index in [0.717, 1.165) is 22.6 Å². The number of hydrogen-bond donors (Lipinski definition) is 0. The van der Waals surface area contributed by atoms with E-state index in [1.165, 1.54) is 23.5 Å². The smallest absolute Gasteiger partial charge is 0.416 e. The zero-order valence-corrected chi connectivity index (χ0v) is 18.3. The molecule has 0 amide bonds. The van der Waals surface area contributed by atoms with Crippen molar-refractivity contribution in [3.63, 3.8) is 0 Å². The fourth-order valence-electron chi connectivity index (χ4n) is 2.84. The Kier molecular flexibility index (Phi) is 8.00. The summed E-state index contributed by atoms with van der Waals surface area (Å²) in [5, 5.41) is 0.596. The molecule has 32 heavy (non-hydrogen) atoms. The predicted molar refractivity (Wildman–Crippen MR) is 114 cm³/mol. The molecule has 0 N–H and O–H groups in total. The molecule has 0 bridgehead atoms. The van der Waals surface area contributed by atoms with Gasteiger partial charge in [-0.1, -0.05) is 42.5 Å². The molecule has 3 aromatic rings. The Balaban J connectivity index is 1.71. The van der Waals surface area contributed by atoms with Crippen LogP contribution in [0, 0.1) is 6.92 Å². The molecule has 1 atom stereocenters. The molecular formula is C23H22F3NO4S. The average molecular weight is 465 g/mol.